The second-order valence-corrected chi connectivity index (χ2v) is 4.84. The van der Waals surface area contributed by atoms with Crippen LogP contribution in [0.25, 0.3) is 0 Å². The summed E-state index contributed by atoms with van der Waals surface area (Å²) in [6, 6.07) is 5.91. The predicted octanol–water partition coefficient (Wildman–Crippen LogP) is 1.80. The van der Waals surface area contributed by atoms with E-state index in [0.717, 1.165) is 0 Å². The summed E-state index contributed by atoms with van der Waals surface area (Å²) in [5.74, 6) is -1.99. The number of amides is 2. The zero-order valence-electron chi connectivity index (χ0n) is 10.8. The molecule has 1 atom stereocenters. The highest BCUT2D eigenvalue weighted by atomic mass is 35.5. The van der Waals surface area contributed by atoms with Crippen LogP contribution in [0.5, 0.6) is 0 Å². The van der Waals surface area contributed by atoms with Crippen LogP contribution in [0.4, 0.5) is 13.2 Å². The van der Waals surface area contributed by atoms with Crippen molar-refractivity contribution in [2.24, 2.45) is 0 Å². The minimum absolute atomic E-state index is 0.0436. The molecule has 0 aliphatic heterocycles. The molecule has 0 saturated carbocycles. The first kappa shape index (κ1) is 17.3. The molecule has 1 aromatic rings. The number of nitrogens with one attached hydrogen (secondary N) is 2. The molecule has 0 spiro atoms. The van der Waals surface area contributed by atoms with Crippen LogP contribution in [0.2, 0.25) is 5.02 Å². The Balaban J connectivity index is 2.58. The minimum Gasteiger partial charge on any atom is -0.380 e. The fourth-order valence-corrected chi connectivity index (χ4v) is 1.52. The fraction of sp³-hybridized carbons (Fsp3) is 0.333. The number of hydrogen-bond donors (Lipinski definition) is 3. The number of carbonyl (C=O) groups excluding carboxylic acids is 2. The predicted molar refractivity (Wildman–Crippen MR) is 68.4 cm³/mol. The van der Waals surface area contributed by atoms with Gasteiger partial charge in [0.25, 0.3) is 5.91 Å². The highest BCUT2D eigenvalue weighted by Crippen LogP contribution is 2.32. The molecule has 0 heterocycles. The average Bonchev–Trinajstić information content (AvgIpc) is 2.34. The molecule has 0 saturated heterocycles. The molecule has 3 N–H and O–H groups in total. The van der Waals surface area contributed by atoms with Crippen LogP contribution < -0.4 is 10.9 Å². The lowest BCUT2D eigenvalue weighted by molar-refractivity contribution is -0.253. The van der Waals surface area contributed by atoms with E-state index in [-0.39, 0.29) is 10.6 Å². The molecule has 0 aliphatic carbocycles. The zero-order valence-corrected chi connectivity index (χ0v) is 11.5. The van der Waals surface area contributed by atoms with Gasteiger partial charge < -0.3 is 5.11 Å². The lowest BCUT2D eigenvalue weighted by atomic mass is 10.0. The van der Waals surface area contributed by atoms with E-state index in [2.05, 4.69) is 0 Å². The van der Waals surface area contributed by atoms with Crippen LogP contribution in [0.3, 0.4) is 0 Å². The van der Waals surface area contributed by atoms with Crippen molar-refractivity contribution in [3.05, 3.63) is 34.9 Å². The first-order valence-electron chi connectivity index (χ1n) is 5.67. The van der Waals surface area contributed by atoms with Gasteiger partial charge in [0.15, 0.2) is 5.60 Å². The lowest BCUT2D eigenvalue weighted by Crippen LogP contribution is -2.49. The maximum absolute atomic E-state index is 12.4. The first-order valence-corrected chi connectivity index (χ1v) is 6.05. The normalized spacial score (nSPS) is 14.2. The number of alkyl halides is 3. The smallest absolute Gasteiger partial charge is 0.380 e. The highest BCUT2D eigenvalue weighted by molar-refractivity contribution is 6.33. The Bertz CT molecular complexity index is 547. The van der Waals surface area contributed by atoms with Gasteiger partial charge in [-0.05, 0) is 19.1 Å². The van der Waals surface area contributed by atoms with Gasteiger partial charge in [-0.15, -0.1) is 0 Å². The zero-order chi connectivity index (χ0) is 16.3. The third kappa shape index (κ3) is 4.61. The molecular weight excluding hydrogens is 313 g/mol. The lowest BCUT2D eigenvalue weighted by Gasteiger charge is -2.25. The van der Waals surface area contributed by atoms with Crippen LogP contribution in [0.15, 0.2) is 24.3 Å². The monoisotopic (exact) mass is 324 g/mol. The maximum Gasteiger partial charge on any atom is 0.417 e. The van der Waals surface area contributed by atoms with Gasteiger partial charge in [0, 0.05) is 0 Å². The topological polar surface area (TPSA) is 78.4 Å². The van der Waals surface area contributed by atoms with Gasteiger partial charge in [-0.25, -0.2) is 0 Å². The second-order valence-electron chi connectivity index (χ2n) is 4.43. The van der Waals surface area contributed by atoms with Gasteiger partial charge in [-0.2, -0.15) is 13.2 Å². The largest absolute Gasteiger partial charge is 0.417 e. The van der Waals surface area contributed by atoms with Gasteiger partial charge in [-0.1, -0.05) is 23.7 Å². The molecule has 0 bridgehead atoms. The van der Waals surface area contributed by atoms with Crippen molar-refractivity contribution < 1.29 is 27.9 Å². The summed E-state index contributed by atoms with van der Waals surface area (Å²) < 4.78 is 37.1. The number of carbonyl (C=O) groups is 2. The Morgan fingerprint density at radius 3 is 2.33 bits per heavy atom. The molecule has 0 radical (unpaired) electrons. The number of halogens is 4. The van der Waals surface area contributed by atoms with Crippen molar-refractivity contribution in [1.82, 2.24) is 10.9 Å². The summed E-state index contributed by atoms with van der Waals surface area (Å²) in [5.41, 5.74) is 0.547. The molecule has 0 aromatic heterocycles. The number of aliphatic hydroxyl groups is 1. The van der Waals surface area contributed by atoms with E-state index in [1.165, 1.54) is 18.2 Å². The van der Waals surface area contributed by atoms with Gasteiger partial charge in [0.1, 0.15) is 0 Å². The van der Waals surface area contributed by atoms with Crippen molar-refractivity contribution in [2.75, 3.05) is 0 Å². The second kappa shape index (κ2) is 6.31. The van der Waals surface area contributed by atoms with E-state index in [9.17, 15) is 22.8 Å². The summed E-state index contributed by atoms with van der Waals surface area (Å²) >= 11 is 5.74. The van der Waals surface area contributed by atoms with Gasteiger partial charge >= 0.3 is 6.18 Å². The first-order chi connectivity index (χ1) is 9.54. The quantitative estimate of drug-likeness (QED) is 0.742. The van der Waals surface area contributed by atoms with E-state index >= 15 is 0 Å². The molecule has 21 heavy (non-hydrogen) atoms. The van der Waals surface area contributed by atoms with E-state index in [4.69, 9.17) is 16.7 Å². The molecule has 116 valence electrons. The molecule has 0 fully saturated rings. The van der Waals surface area contributed by atoms with Crippen molar-refractivity contribution in [2.45, 2.75) is 25.1 Å². The molecule has 1 aromatic carbocycles. The third-order valence-electron chi connectivity index (χ3n) is 2.55. The van der Waals surface area contributed by atoms with Crippen LogP contribution >= 0.6 is 11.6 Å². The van der Waals surface area contributed by atoms with Gasteiger partial charge in [0.2, 0.25) is 5.91 Å². The van der Waals surface area contributed by atoms with Crippen molar-refractivity contribution in [1.29, 1.82) is 0 Å². The summed E-state index contributed by atoms with van der Waals surface area (Å²) in [7, 11) is 0. The summed E-state index contributed by atoms with van der Waals surface area (Å²) in [4.78, 5) is 22.9. The molecular formula is C12H12ClF3N2O3. The van der Waals surface area contributed by atoms with E-state index in [0.29, 0.717) is 6.92 Å². The van der Waals surface area contributed by atoms with E-state index < -0.39 is 30.0 Å². The van der Waals surface area contributed by atoms with Crippen molar-refractivity contribution >= 4 is 23.4 Å². The Labute approximate surface area is 123 Å². The fourth-order valence-electron chi connectivity index (χ4n) is 1.30. The SMILES string of the molecule is C[C@](O)(CC(=O)NNC(=O)c1ccccc1Cl)C(F)(F)F. The standard InChI is InChI=1S/C12H12ClF3N2O3/c1-11(21,12(14,15)16)6-9(19)17-18-10(20)7-4-2-3-5-8(7)13/h2-5,21H,6H2,1H3,(H,17,19)(H,18,20)/t11-/m0/s1. The Morgan fingerprint density at radius 1 is 1.24 bits per heavy atom. The number of hydrazine groups is 1. The average molecular weight is 325 g/mol. The van der Waals surface area contributed by atoms with Crippen molar-refractivity contribution in [3.63, 3.8) is 0 Å². The molecule has 1 rings (SSSR count). The Kier molecular flexibility index (Phi) is 5.19. The maximum atomic E-state index is 12.4. The summed E-state index contributed by atoms with van der Waals surface area (Å²) in [6.07, 6.45) is -6.21. The van der Waals surface area contributed by atoms with E-state index in [1.54, 1.807) is 11.5 Å². The number of hydrogen-bond acceptors (Lipinski definition) is 3. The number of rotatable bonds is 3. The third-order valence-corrected chi connectivity index (χ3v) is 2.88. The molecule has 2 amide bonds. The van der Waals surface area contributed by atoms with Gasteiger partial charge in [0.05, 0.1) is 17.0 Å². The van der Waals surface area contributed by atoms with Crippen LogP contribution in [-0.4, -0.2) is 28.7 Å². The summed E-state index contributed by atoms with van der Waals surface area (Å²) in [6.45, 7) is 0.461. The summed E-state index contributed by atoms with van der Waals surface area (Å²) in [5, 5.41) is 9.25. The van der Waals surface area contributed by atoms with Gasteiger partial charge in [-0.3, -0.25) is 20.4 Å². The van der Waals surface area contributed by atoms with Crippen LogP contribution in [-0.2, 0) is 4.79 Å². The van der Waals surface area contributed by atoms with Crippen LogP contribution in [0.1, 0.15) is 23.7 Å². The minimum atomic E-state index is -4.96. The number of benzene rings is 1. The highest BCUT2D eigenvalue weighted by Gasteiger charge is 2.51. The molecule has 0 unspecified atom stereocenters. The van der Waals surface area contributed by atoms with E-state index in [1.807, 2.05) is 5.43 Å². The van der Waals surface area contributed by atoms with Crippen molar-refractivity contribution in [3.8, 4) is 0 Å². The molecule has 0 aliphatic rings. The molecule has 5 nitrogen and oxygen atoms in total. The Hall–Kier alpha value is -1.80. The molecule has 9 heteroatoms. The van der Waals surface area contributed by atoms with Crippen LogP contribution in [0, 0.1) is 0 Å². The Morgan fingerprint density at radius 2 is 1.81 bits per heavy atom.